The van der Waals surface area contributed by atoms with Gasteiger partial charge in [0.15, 0.2) is 0 Å². The van der Waals surface area contributed by atoms with Crippen LogP contribution in [0.3, 0.4) is 0 Å². The Labute approximate surface area is 202 Å². The normalized spacial score (nSPS) is 19.7. The number of rotatable bonds is 9. The molecular weight excluding hydrogens is 527 g/mol. The van der Waals surface area contributed by atoms with E-state index in [1.807, 2.05) is 0 Å². The zero-order valence-corrected chi connectivity index (χ0v) is 22.5. The van der Waals surface area contributed by atoms with E-state index in [0.717, 1.165) is 12.1 Å². The Hall–Kier alpha value is -0.594. The van der Waals surface area contributed by atoms with Gasteiger partial charge in [-0.05, 0) is 18.5 Å². The number of carboxylic acid groups (broad SMARTS) is 2. The Balaban J connectivity index is -0.000000461. The van der Waals surface area contributed by atoms with Crippen LogP contribution in [0.2, 0.25) is 49.4 Å². The smallest absolute Gasteiger partial charge is 0.304 e. The molecule has 0 saturated carbocycles. The van der Waals surface area contributed by atoms with Gasteiger partial charge < -0.3 is 26.9 Å². The molecule has 2 saturated heterocycles. The first-order chi connectivity index (χ1) is 13.1. The molecular formula is C20H42N2O6PdSi2. The third-order valence-electron chi connectivity index (χ3n) is 6.54. The molecule has 2 unspecified atom stereocenters. The molecule has 2 atom stereocenters. The van der Waals surface area contributed by atoms with Crippen LogP contribution in [0.15, 0.2) is 0 Å². The summed E-state index contributed by atoms with van der Waals surface area (Å²) in [6.45, 7) is 5.26. The maximum Gasteiger partial charge on any atom is 0.304 e. The molecule has 0 spiro atoms. The maximum absolute atomic E-state index is 10.6. The van der Waals surface area contributed by atoms with E-state index in [2.05, 4.69) is 19.2 Å². The van der Waals surface area contributed by atoms with Gasteiger partial charge in [0.1, 0.15) is 0 Å². The Morgan fingerprint density at radius 3 is 1.61 bits per heavy atom. The largest absolute Gasteiger partial charge is 0.481 e. The van der Waals surface area contributed by atoms with Gasteiger partial charge in [-0.25, -0.2) is 0 Å². The third kappa shape index (κ3) is 14.2. The average molecular weight is 569 g/mol. The van der Waals surface area contributed by atoms with E-state index < -0.39 is 28.1 Å². The molecule has 0 aromatic heterocycles. The molecule has 31 heavy (non-hydrogen) atoms. The minimum absolute atomic E-state index is 0. The molecule has 0 aromatic carbocycles. The molecule has 0 bridgehead atoms. The van der Waals surface area contributed by atoms with Crippen LogP contribution in [0.25, 0.3) is 0 Å². The molecule has 2 rings (SSSR count). The van der Waals surface area contributed by atoms with Gasteiger partial charge in [0.05, 0.1) is 34.6 Å². The first-order valence-electron chi connectivity index (χ1n) is 10.6. The number of aliphatic carboxylic acids is 2. The van der Waals surface area contributed by atoms with Crippen molar-refractivity contribution in [3.63, 3.8) is 0 Å². The van der Waals surface area contributed by atoms with E-state index in [1.165, 1.54) is 49.9 Å². The van der Waals surface area contributed by atoms with E-state index in [-0.39, 0.29) is 56.1 Å². The molecule has 0 aliphatic carbocycles. The predicted molar refractivity (Wildman–Crippen MR) is 124 cm³/mol. The zero-order chi connectivity index (χ0) is 21.2. The topological polar surface area (TPSA) is 187 Å². The van der Waals surface area contributed by atoms with E-state index >= 15 is 0 Å². The van der Waals surface area contributed by atoms with Crippen molar-refractivity contribution >= 4 is 28.1 Å². The van der Waals surface area contributed by atoms with Crippen LogP contribution in [-0.2, 0) is 30.0 Å². The monoisotopic (exact) mass is 568 g/mol. The second-order valence-corrected chi connectivity index (χ2v) is 19.6. The van der Waals surface area contributed by atoms with Crippen molar-refractivity contribution in [1.82, 2.24) is 0 Å². The average Bonchev–Trinajstić information content (AvgIpc) is 3.22. The van der Waals surface area contributed by atoms with Crippen LogP contribution in [0.5, 0.6) is 0 Å². The van der Waals surface area contributed by atoms with Crippen molar-refractivity contribution in [2.75, 3.05) is 6.54 Å². The minimum Gasteiger partial charge on any atom is -0.481 e. The molecule has 2 fully saturated rings. The minimum atomic E-state index is -1.22. The summed E-state index contributed by atoms with van der Waals surface area (Å²) < 4.78 is 0. The van der Waals surface area contributed by atoms with E-state index in [9.17, 15) is 9.59 Å². The SMILES string of the molecule is C[Si]1(CC(C#N)CC(=O)O)CCCC1.C[Si]1(CC(CN)CC(=O)O)CCCC1.O.O.[Pd]. The van der Waals surface area contributed by atoms with E-state index in [4.69, 9.17) is 21.2 Å². The fourth-order valence-corrected chi connectivity index (χ4v) is 13.9. The van der Waals surface area contributed by atoms with Crippen molar-refractivity contribution < 1.29 is 51.2 Å². The number of carboxylic acids is 2. The van der Waals surface area contributed by atoms with Gasteiger partial charge in [0, 0.05) is 26.8 Å². The van der Waals surface area contributed by atoms with Crippen molar-refractivity contribution in [2.45, 2.75) is 87.9 Å². The van der Waals surface area contributed by atoms with Crippen LogP contribution in [0.1, 0.15) is 38.5 Å². The van der Waals surface area contributed by atoms with Gasteiger partial charge in [-0.1, -0.05) is 69.0 Å². The molecule has 0 amide bonds. The number of carbonyl (C=O) groups is 2. The summed E-state index contributed by atoms with van der Waals surface area (Å²) in [5.41, 5.74) is 5.62. The molecule has 8 nitrogen and oxygen atoms in total. The van der Waals surface area contributed by atoms with Gasteiger partial charge in [-0.3, -0.25) is 9.59 Å². The fraction of sp³-hybridized carbons (Fsp3) is 0.850. The molecule has 2 heterocycles. The maximum atomic E-state index is 10.6. The molecule has 186 valence electrons. The number of nitrogens with zero attached hydrogens (tertiary/aromatic N) is 1. The second-order valence-electron chi connectivity index (χ2n) is 9.57. The van der Waals surface area contributed by atoms with Crippen molar-refractivity contribution in [2.24, 2.45) is 17.6 Å². The Bertz CT molecular complexity index is 564. The number of hydrogen-bond donors (Lipinski definition) is 3. The van der Waals surface area contributed by atoms with Gasteiger partial charge in [0.2, 0.25) is 0 Å². The first-order valence-corrected chi connectivity index (χ1v) is 16.9. The number of nitrogens with two attached hydrogens (primary N) is 1. The third-order valence-corrected chi connectivity index (χ3v) is 15.8. The molecule has 11 heteroatoms. The summed E-state index contributed by atoms with van der Waals surface area (Å²) in [4.78, 5) is 21.1. The van der Waals surface area contributed by atoms with Crippen molar-refractivity contribution in [3.8, 4) is 6.07 Å². The zero-order valence-electron chi connectivity index (χ0n) is 18.9. The van der Waals surface area contributed by atoms with Crippen LogP contribution in [0, 0.1) is 23.2 Å². The van der Waals surface area contributed by atoms with Crippen molar-refractivity contribution in [3.05, 3.63) is 0 Å². The fourth-order valence-electron chi connectivity index (χ4n) is 5.02. The second kappa shape index (κ2) is 17.0. The quantitative estimate of drug-likeness (QED) is 0.358. The first kappa shape index (κ1) is 35.0. The summed E-state index contributed by atoms with van der Waals surface area (Å²) in [6, 6.07) is 9.47. The van der Waals surface area contributed by atoms with Crippen LogP contribution >= 0.6 is 0 Å². The molecule has 0 radical (unpaired) electrons. The standard InChI is InChI=1S/C10H21NO2Si.C10H17NO2Si.2H2O.Pd/c2*1-14(4-2-3-5-14)8-9(7-11)6-10(12)13;;;/h9H,2-8,11H2,1H3,(H,12,13);9H,2-6,8H2,1H3,(H,12,13);2*1H2;. The van der Waals surface area contributed by atoms with Crippen molar-refractivity contribution in [1.29, 1.82) is 5.26 Å². The molecule has 2 aliphatic heterocycles. The number of hydrogen-bond acceptors (Lipinski definition) is 4. The Kier molecular flexibility index (Phi) is 19.1. The predicted octanol–water partition coefficient (Wildman–Crippen LogP) is 2.73. The summed E-state index contributed by atoms with van der Waals surface area (Å²) in [5, 5.41) is 26.2. The summed E-state index contributed by atoms with van der Waals surface area (Å²) >= 11 is 0. The van der Waals surface area contributed by atoms with Crippen LogP contribution in [0.4, 0.5) is 0 Å². The van der Waals surface area contributed by atoms with Gasteiger partial charge in [-0.15, -0.1) is 0 Å². The molecule has 0 aromatic rings. The van der Waals surface area contributed by atoms with Crippen LogP contribution < -0.4 is 5.73 Å². The summed E-state index contributed by atoms with van der Waals surface area (Å²) in [5.74, 6) is -1.56. The summed E-state index contributed by atoms with van der Waals surface area (Å²) in [7, 11) is -2.30. The molecule has 8 N–H and O–H groups in total. The van der Waals surface area contributed by atoms with Gasteiger partial charge in [0.25, 0.3) is 0 Å². The summed E-state index contributed by atoms with van der Waals surface area (Å²) in [6.07, 6.45) is 5.57. The Morgan fingerprint density at radius 2 is 1.29 bits per heavy atom. The van der Waals surface area contributed by atoms with Gasteiger partial charge >= 0.3 is 11.9 Å². The van der Waals surface area contributed by atoms with Crippen LogP contribution in [-0.4, -0.2) is 55.8 Å². The van der Waals surface area contributed by atoms with Gasteiger partial charge in [-0.2, -0.15) is 5.26 Å². The molecule has 2 aliphatic rings. The Morgan fingerprint density at radius 1 is 0.903 bits per heavy atom. The van der Waals surface area contributed by atoms with E-state index in [0.29, 0.717) is 6.54 Å². The van der Waals surface area contributed by atoms with E-state index in [1.54, 1.807) is 0 Å². The number of nitriles is 1.